The highest BCUT2D eigenvalue weighted by Gasteiger charge is 2.47. The minimum atomic E-state index is -0.816. The van der Waals surface area contributed by atoms with E-state index in [0.29, 0.717) is 48.2 Å². The van der Waals surface area contributed by atoms with Gasteiger partial charge in [-0.25, -0.2) is 0 Å². The Morgan fingerprint density at radius 3 is 2.67 bits per heavy atom. The van der Waals surface area contributed by atoms with Gasteiger partial charge in [-0.3, -0.25) is 4.90 Å². The average Bonchev–Trinajstić information content (AvgIpc) is 2.54. The topological polar surface area (TPSA) is 62.2 Å². The van der Waals surface area contributed by atoms with Gasteiger partial charge in [0.1, 0.15) is 11.9 Å². The molecule has 2 fully saturated rings. The van der Waals surface area contributed by atoms with Crippen molar-refractivity contribution in [3.8, 4) is 5.75 Å². The summed E-state index contributed by atoms with van der Waals surface area (Å²) >= 11 is 12.3. The number of aliphatic hydroxyl groups excluding tert-OH is 2. The van der Waals surface area contributed by atoms with Crippen LogP contribution in [0.4, 0.5) is 0 Å². The molecule has 134 valence electrons. The van der Waals surface area contributed by atoms with Gasteiger partial charge < -0.3 is 19.7 Å². The summed E-state index contributed by atoms with van der Waals surface area (Å²) in [7, 11) is 1.59. The van der Waals surface area contributed by atoms with Crippen LogP contribution in [0.1, 0.15) is 24.8 Å². The molecule has 0 unspecified atom stereocenters. The number of piperidine rings is 1. The van der Waals surface area contributed by atoms with Crippen molar-refractivity contribution in [2.45, 2.75) is 43.6 Å². The third kappa shape index (κ3) is 3.52. The van der Waals surface area contributed by atoms with Gasteiger partial charge in [0.15, 0.2) is 0 Å². The Morgan fingerprint density at radius 2 is 2.00 bits per heavy atom. The molecule has 0 saturated carbocycles. The van der Waals surface area contributed by atoms with Crippen molar-refractivity contribution in [3.05, 3.63) is 27.7 Å². The number of methoxy groups -OCH3 is 1. The molecule has 0 bridgehead atoms. The van der Waals surface area contributed by atoms with Crippen molar-refractivity contribution in [2.24, 2.45) is 0 Å². The van der Waals surface area contributed by atoms with Crippen molar-refractivity contribution in [3.63, 3.8) is 0 Å². The van der Waals surface area contributed by atoms with E-state index in [1.807, 2.05) is 6.07 Å². The highest BCUT2D eigenvalue weighted by atomic mass is 35.5. The van der Waals surface area contributed by atoms with Crippen LogP contribution >= 0.6 is 23.2 Å². The number of likely N-dealkylation sites (tertiary alicyclic amines) is 1. The monoisotopic (exact) mass is 375 g/mol. The summed E-state index contributed by atoms with van der Waals surface area (Å²) in [6.07, 6.45) is 0.342. The molecule has 24 heavy (non-hydrogen) atoms. The molecular weight excluding hydrogens is 353 g/mol. The number of benzene rings is 1. The number of halogens is 2. The number of rotatable bonds is 3. The molecule has 7 heteroatoms. The third-order valence-electron chi connectivity index (χ3n) is 5.09. The first-order chi connectivity index (χ1) is 11.4. The molecule has 2 aliphatic heterocycles. The Kier molecular flexibility index (Phi) is 5.59. The van der Waals surface area contributed by atoms with Crippen LogP contribution in [0, 0.1) is 0 Å². The van der Waals surface area contributed by atoms with Crippen molar-refractivity contribution < 1.29 is 19.7 Å². The predicted molar refractivity (Wildman–Crippen MR) is 92.8 cm³/mol. The Bertz CT molecular complexity index is 590. The number of ether oxygens (including phenoxy) is 2. The predicted octanol–water partition coefficient (Wildman–Crippen LogP) is 2.48. The van der Waals surface area contributed by atoms with E-state index in [1.165, 1.54) is 0 Å². The van der Waals surface area contributed by atoms with Gasteiger partial charge in [-0.2, -0.15) is 0 Å². The first kappa shape index (κ1) is 18.2. The van der Waals surface area contributed by atoms with Crippen LogP contribution in [0.2, 0.25) is 10.0 Å². The molecule has 2 aliphatic rings. The summed E-state index contributed by atoms with van der Waals surface area (Å²) in [4.78, 5) is 2.26. The van der Waals surface area contributed by atoms with Crippen LogP contribution in [0.15, 0.2) is 12.1 Å². The smallest absolute Gasteiger partial charge is 0.142 e. The zero-order chi connectivity index (χ0) is 17.3. The van der Waals surface area contributed by atoms with E-state index in [0.717, 1.165) is 18.7 Å². The van der Waals surface area contributed by atoms with Gasteiger partial charge in [0.25, 0.3) is 0 Å². The average molecular weight is 376 g/mol. The molecule has 2 saturated heterocycles. The van der Waals surface area contributed by atoms with Crippen LogP contribution in [-0.2, 0) is 11.3 Å². The Morgan fingerprint density at radius 1 is 1.29 bits per heavy atom. The number of hydrogen-bond acceptors (Lipinski definition) is 5. The molecule has 1 aromatic rings. The summed E-state index contributed by atoms with van der Waals surface area (Å²) in [5.74, 6) is 0.644. The lowest BCUT2D eigenvalue weighted by Crippen LogP contribution is -2.59. The summed E-state index contributed by atoms with van der Waals surface area (Å²) in [5.41, 5.74) is 0.320. The highest BCUT2D eigenvalue weighted by molar-refractivity contribution is 6.35. The summed E-state index contributed by atoms with van der Waals surface area (Å²) in [6, 6.07) is 3.54. The van der Waals surface area contributed by atoms with Crippen molar-refractivity contribution >= 4 is 23.2 Å². The molecule has 0 aliphatic carbocycles. The molecule has 2 N–H and O–H groups in total. The van der Waals surface area contributed by atoms with Gasteiger partial charge >= 0.3 is 0 Å². The fourth-order valence-electron chi connectivity index (χ4n) is 3.71. The summed E-state index contributed by atoms with van der Waals surface area (Å²) in [5, 5.41) is 21.4. The van der Waals surface area contributed by atoms with Crippen LogP contribution in [-0.4, -0.2) is 59.7 Å². The maximum Gasteiger partial charge on any atom is 0.142 e. The van der Waals surface area contributed by atoms with Crippen molar-refractivity contribution in [1.82, 2.24) is 4.90 Å². The third-order valence-corrected chi connectivity index (χ3v) is 5.59. The minimum Gasteiger partial charge on any atom is -0.495 e. The zero-order valence-corrected chi connectivity index (χ0v) is 15.2. The first-order valence-corrected chi connectivity index (χ1v) is 8.95. The highest BCUT2D eigenvalue weighted by Crippen LogP contribution is 2.37. The molecule has 2 atom stereocenters. The minimum absolute atomic E-state index is 0.491. The first-order valence-electron chi connectivity index (χ1n) is 8.19. The van der Waals surface area contributed by atoms with E-state index in [-0.39, 0.29) is 0 Å². The Balaban J connectivity index is 1.68. The normalized spacial score (nSPS) is 27.4. The Hall–Kier alpha value is -0.560. The molecule has 3 rings (SSSR count). The second kappa shape index (κ2) is 7.36. The number of nitrogens with zero attached hydrogens (tertiary/aromatic N) is 1. The van der Waals surface area contributed by atoms with E-state index < -0.39 is 17.8 Å². The lowest BCUT2D eigenvalue weighted by atomic mass is 9.80. The van der Waals surface area contributed by atoms with Gasteiger partial charge in [-0.05, 0) is 31.4 Å². The van der Waals surface area contributed by atoms with Crippen LogP contribution in [0.3, 0.4) is 0 Å². The Labute approximate surface area is 152 Å². The summed E-state index contributed by atoms with van der Waals surface area (Å²) < 4.78 is 11.3. The van der Waals surface area contributed by atoms with E-state index in [2.05, 4.69) is 4.90 Å². The van der Waals surface area contributed by atoms with Gasteiger partial charge in [-0.15, -0.1) is 0 Å². The fourth-order valence-corrected chi connectivity index (χ4v) is 4.32. The van der Waals surface area contributed by atoms with Crippen LogP contribution in [0.5, 0.6) is 5.75 Å². The molecular formula is C17H23Cl2NO4. The second-order valence-electron chi connectivity index (χ2n) is 6.57. The molecule has 1 aromatic carbocycles. The van der Waals surface area contributed by atoms with Gasteiger partial charge in [0.05, 0.1) is 30.4 Å². The van der Waals surface area contributed by atoms with E-state index in [1.54, 1.807) is 13.2 Å². The van der Waals surface area contributed by atoms with Gasteiger partial charge in [-0.1, -0.05) is 23.2 Å². The van der Waals surface area contributed by atoms with Crippen molar-refractivity contribution in [1.29, 1.82) is 0 Å². The largest absolute Gasteiger partial charge is 0.495 e. The summed E-state index contributed by atoms with van der Waals surface area (Å²) in [6.45, 7) is 2.68. The number of hydrogen-bond donors (Lipinski definition) is 2. The SMILES string of the molecule is COc1c(Cl)cc(Cl)cc1CN1CCC2(CC1)OCC[C@H](O)[C@@H]2O. The molecule has 0 radical (unpaired) electrons. The lowest BCUT2D eigenvalue weighted by molar-refractivity contribution is -0.214. The second-order valence-corrected chi connectivity index (χ2v) is 7.41. The van der Waals surface area contributed by atoms with E-state index in [4.69, 9.17) is 32.7 Å². The molecule has 0 aromatic heterocycles. The molecule has 0 amide bonds. The standard InChI is InChI=1S/C17H23Cl2NO4/c1-23-15-11(8-12(18)9-13(15)19)10-20-5-3-17(4-6-20)16(22)14(21)2-7-24-17/h8-9,14,16,21-22H,2-7,10H2,1H3/t14-,16-/m0/s1. The van der Waals surface area contributed by atoms with E-state index >= 15 is 0 Å². The lowest BCUT2D eigenvalue weighted by Gasteiger charge is -2.48. The quantitative estimate of drug-likeness (QED) is 0.849. The molecule has 1 spiro atoms. The maximum absolute atomic E-state index is 10.3. The maximum atomic E-state index is 10.3. The fraction of sp³-hybridized carbons (Fsp3) is 0.647. The van der Waals surface area contributed by atoms with Crippen molar-refractivity contribution in [2.75, 3.05) is 26.8 Å². The van der Waals surface area contributed by atoms with Crippen LogP contribution in [0.25, 0.3) is 0 Å². The molecule has 2 heterocycles. The molecule has 5 nitrogen and oxygen atoms in total. The number of aliphatic hydroxyl groups is 2. The zero-order valence-electron chi connectivity index (χ0n) is 13.7. The van der Waals surface area contributed by atoms with Crippen LogP contribution < -0.4 is 4.74 Å². The van der Waals surface area contributed by atoms with Gasteiger partial charge in [0.2, 0.25) is 0 Å². The van der Waals surface area contributed by atoms with Gasteiger partial charge in [0, 0.05) is 30.2 Å². The van der Waals surface area contributed by atoms with E-state index in [9.17, 15) is 10.2 Å².